The summed E-state index contributed by atoms with van der Waals surface area (Å²) in [5.41, 5.74) is 4.70. The largest absolute Gasteiger partial charge is 0.492 e. The summed E-state index contributed by atoms with van der Waals surface area (Å²) in [4.78, 5) is 11.7. The minimum Gasteiger partial charge on any atom is -0.492 e. The van der Waals surface area contributed by atoms with Gasteiger partial charge in [-0.25, -0.2) is 4.79 Å². The highest BCUT2D eigenvalue weighted by Gasteiger charge is 2.27. The first-order valence-corrected chi connectivity index (χ1v) is 10.9. The Bertz CT molecular complexity index is 806. The number of carbonyl (C=O) groups excluding carboxylic acids is 1. The predicted octanol–water partition coefficient (Wildman–Crippen LogP) is 7.05. The molecule has 4 heteroatoms. The molecule has 0 saturated heterocycles. The fourth-order valence-corrected chi connectivity index (χ4v) is 3.58. The molecule has 1 aliphatic heterocycles. The van der Waals surface area contributed by atoms with Crippen LogP contribution in [0, 0.1) is 5.92 Å². The second kappa shape index (κ2) is 12.3. The van der Waals surface area contributed by atoms with Crippen molar-refractivity contribution in [1.29, 1.82) is 0 Å². The zero-order valence-electron chi connectivity index (χ0n) is 19.1. The van der Waals surface area contributed by atoms with Crippen molar-refractivity contribution in [2.45, 2.75) is 72.6 Å². The Morgan fingerprint density at radius 3 is 2.60 bits per heavy atom. The van der Waals surface area contributed by atoms with Crippen LogP contribution in [-0.4, -0.2) is 13.1 Å². The molecule has 0 N–H and O–H groups in total. The fourth-order valence-electron chi connectivity index (χ4n) is 3.58. The number of methoxy groups -OCH3 is 1. The van der Waals surface area contributed by atoms with Gasteiger partial charge in [-0.15, -0.1) is 0 Å². The topological polar surface area (TPSA) is 48.7 Å². The normalized spacial score (nSPS) is 17.6. The molecule has 1 unspecified atom stereocenters. The number of cyclic esters (lactones) is 1. The van der Waals surface area contributed by atoms with Gasteiger partial charge in [-0.05, 0) is 89.3 Å². The van der Waals surface area contributed by atoms with Crippen molar-refractivity contribution in [3.8, 4) is 0 Å². The van der Waals surface area contributed by atoms with Crippen LogP contribution in [0.25, 0.3) is 0 Å². The number of aryl methyl sites for hydroxylation is 1. The molecule has 1 aromatic rings. The monoisotopic (exact) mass is 412 g/mol. The molecule has 0 spiro atoms. The standard InChI is InChI=1S/C26H36O4/c1-19(9-6-10-20(2)12-8-14-23-15-16-29-18-23)11-7-13-21(3)17-24-25(28-5)22(4)26(27)30-24/h9,12,15-18,21H,6-8,10-11,13-14H2,1-5H3/b19-9-,20-12-,24-17-. The first kappa shape index (κ1) is 23.8. The lowest BCUT2D eigenvalue weighted by atomic mass is 9.99. The van der Waals surface area contributed by atoms with Crippen molar-refractivity contribution in [1.82, 2.24) is 0 Å². The van der Waals surface area contributed by atoms with Crippen LogP contribution in [0.3, 0.4) is 0 Å². The third kappa shape index (κ3) is 7.74. The summed E-state index contributed by atoms with van der Waals surface area (Å²) < 4.78 is 15.7. The van der Waals surface area contributed by atoms with Crippen LogP contribution in [0.5, 0.6) is 0 Å². The van der Waals surface area contributed by atoms with E-state index in [1.165, 1.54) is 16.7 Å². The van der Waals surface area contributed by atoms with Crippen LogP contribution in [0.15, 0.2) is 69.5 Å². The quantitative estimate of drug-likeness (QED) is 0.272. The summed E-state index contributed by atoms with van der Waals surface area (Å²) in [6.45, 7) is 8.32. The van der Waals surface area contributed by atoms with Gasteiger partial charge in [0.25, 0.3) is 0 Å². The minimum atomic E-state index is -0.310. The van der Waals surface area contributed by atoms with E-state index in [2.05, 4.69) is 32.9 Å². The summed E-state index contributed by atoms with van der Waals surface area (Å²) >= 11 is 0. The van der Waals surface area contributed by atoms with E-state index in [0.29, 0.717) is 23.0 Å². The Morgan fingerprint density at radius 1 is 1.17 bits per heavy atom. The second-order valence-electron chi connectivity index (χ2n) is 8.26. The van der Waals surface area contributed by atoms with Crippen LogP contribution in [-0.2, 0) is 20.7 Å². The van der Waals surface area contributed by atoms with Gasteiger partial charge in [0.2, 0.25) is 0 Å². The molecule has 0 radical (unpaired) electrons. The molecule has 164 valence electrons. The molecule has 0 aliphatic carbocycles. The van der Waals surface area contributed by atoms with Crippen molar-refractivity contribution >= 4 is 5.97 Å². The zero-order chi connectivity index (χ0) is 21.9. The predicted molar refractivity (Wildman–Crippen MR) is 121 cm³/mol. The lowest BCUT2D eigenvalue weighted by Gasteiger charge is -2.09. The molecule has 30 heavy (non-hydrogen) atoms. The molecule has 1 aliphatic rings. The Labute approximate surface area is 181 Å². The van der Waals surface area contributed by atoms with Crippen LogP contribution in [0.1, 0.15) is 71.8 Å². The van der Waals surface area contributed by atoms with Crippen LogP contribution < -0.4 is 0 Å². The van der Waals surface area contributed by atoms with Gasteiger partial charge in [-0.3, -0.25) is 0 Å². The molecule has 2 heterocycles. The fraction of sp³-hybridized carbons (Fsp3) is 0.500. The number of furan rings is 1. The Hall–Kier alpha value is -2.49. The number of esters is 1. The van der Waals surface area contributed by atoms with Gasteiger partial charge in [0.1, 0.15) is 0 Å². The maximum atomic E-state index is 11.7. The van der Waals surface area contributed by atoms with Crippen molar-refractivity contribution in [3.05, 3.63) is 70.6 Å². The molecular formula is C26H36O4. The van der Waals surface area contributed by atoms with E-state index in [4.69, 9.17) is 13.9 Å². The van der Waals surface area contributed by atoms with Crippen molar-refractivity contribution in [2.24, 2.45) is 5.92 Å². The average molecular weight is 413 g/mol. The molecule has 0 fully saturated rings. The molecule has 0 saturated carbocycles. The van der Waals surface area contributed by atoms with Gasteiger partial charge in [-0.2, -0.15) is 0 Å². The lowest BCUT2D eigenvalue weighted by molar-refractivity contribution is -0.133. The van der Waals surface area contributed by atoms with E-state index in [-0.39, 0.29) is 5.97 Å². The van der Waals surface area contributed by atoms with Gasteiger partial charge in [0.15, 0.2) is 11.5 Å². The van der Waals surface area contributed by atoms with Gasteiger partial charge in [-0.1, -0.05) is 30.2 Å². The number of ether oxygens (including phenoxy) is 2. The maximum absolute atomic E-state index is 11.7. The van der Waals surface area contributed by atoms with E-state index in [0.717, 1.165) is 44.9 Å². The summed E-state index contributed by atoms with van der Waals surface area (Å²) in [6.07, 6.45) is 17.8. The first-order valence-electron chi connectivity index (χ1n) is 10.9. The van der Waals surface area contributed by atoms with Gasteiger partial charge < -0.3 is 13.9 Å². The zero-order valence-corrected chi connectivity index (χ0v) is 19.1. The lowest BCUT2D eigenvalue weighted by Crippen LogP contribution is -1.98. The van der Waals surface area contributed by atoms with Gasteiger partial charge >= 0.3 is 5.97 Å². The summed E-state index contributed by atoms with van der Waals surface area (Å²) in [7, 11) is 1.57. The average Bonchev–Trinajstić information content (AvgIpc) is 3.30. The van der Waals surface area contributed by atoms with Crippen LogP contribution >= 0.6 is 0 Å². The van der Waals surface area contributed by atoms with Crippen LogP contribution in [0.2, 0.25) is 0 Å². The molecule has 0 aromatic carbocycles. The molecule has 0 bridgehead atoms. The highest BCUT2D eigenvalue weighted by atomic mass is 16.6. The minimum absolute atomic E-state index is 0.310. The third-order valence-electron chi connectivity index (χ3n) is 5.48. The number of hydrogen-bond acceptors (Lipinski definition) is 4. The van der Waals surface area contributed by atoms with Crippen LogP contribution in [0.4, 0.5) is 0 Å². The molecule has 4 nitrogen and oxygen atoms in total. The van der Waals surface area contributed by atoms with E-state index in [9.17, 15) is 4.79 Å². The van der Waals surface area contributed by atoms with E-state index >= 15 is 0 Å². The number of rotatable bonds is 12. The highest BCUT2D eigenvalue weighted by molar-refractivity contribution is 5.93. The van der Waals surface area contributed by atoms with E-state index in [1.54, 1.807) is 20.3 Å². The second-order valence-corrected chi connectivity index (χ2v) is 8.26. The first-order chi connectivity index (χ1) is 14.4. The van der Waals surface area contributed by atoms with Crippen molar-refractivity contribution in [3.63, 3.8) is 0 Å². The summed E-state index contributed by atoms with van der Waals surface area (Å²) in [5.74, 6) is 1.15. The van der Waals surface area contributed by atoms with E-state index < -0.39 is 0 Å². The Balaban J connectivity index is 1.66. The van der Waals surface area contributed by atoms with Crippen molar-refractivity contribution < 1.29 is 18.7 Å². The third-order valence-corrected chi connectivity index (χ3v) is 5.48. The molecule has 2 rings (SSSR count). The molecule has 1 atom stereocenters. The SMILES string of the molecule is COC1=C(C)C(=O)O/C1=C\C(C)CCC/C(C)=C\CC/C(C)=C\CCc1ccoc1. The molecule has 1 aromatic heterocycles. The Morgan fingerprint density at radius 2 is 1.90 bits per heavy atom. The molecule has 0 amide bonds. The maximum Gasteiger partial charge on any atom is 0.343 e. The Kier molecular flexibility index (Phi) is 9.72. The molecular weight excluding hydrogens is 376 g/mol. The summed E-state index contributed by atoms with van der Waals surface area (Å²) in [5, 5.41) is 0. The van der Waals surface area contributed by atoms with E-state index in [1.807, 2.05) is 18.4 Å². The highest BCUT2D eigenvalue weighted by Crippen LogP contribution is 2.28. The number of hydrogen-bond donors (Lipinski definition) is 0. The van der Waals surface area contributed by atoms with Gasteiger partial charge in [0, 0.05) is 0 Å². The number of allylic oxidation sites excluding steroid dienone is 5. The number of carbonyl (C=O) groups is 1. The van der Waals surface area contributed by atoms with Gasteiger partial charge in [0.05, 0.1) is 25.2 Å². The van der Waals surface area contributed by atoms with Crippen molar-refractivity contribution in [2.75, 3.05) is 7.11 Å². The summed E-state index contributed by atoms with van der Waals surface area (Å²) in [6, 6.07) is 2.03. The smallest absolute Gasteiger partial charge is 0.343 e.